The third-order valence-corrected chi connectivity index (χ3v) is 4.84. The minimum absolute atomic E-state index is 0.424. The van der Waals surface area contributed by atoms with Crippen LogP contribution in [0.4, 0.5) is 0 Å². The molecule has 114 valence electrons. The molecule has 0 aromatic heterocycles. The number of carbonyl (C=O) groups is 2. The molecule has 2 rings (SSSR count). The lowest BCUT2D eigenvalue weighted by Crippen LogP contribution is -2.53. The Labute approximate surface area is 131 Å². The van der Waals surface area contributed by atoms with Crippen molar-refractivity contribution in [2.75, 3.05) is 26.6 Å². The van der Waals surface area contributed by atoms with Gasteiger partial charge < -0.3 is 14.2 Å². The summed E-state index contributed by atoms with van der Waals surface area (Å²) in [5, 5.41) is 0.559. The van der Waals surface area contributed by atoms with Gasteiger partial charge in [0.05, 0.1) is 20.8 Å². The summed E-state index contributed by atoms with van der Waals surface area (Å²) >= 11 is 7.05. The van der Waals surface area contributed by atoms with Crippen LogP contribution in [0.3, 0.4) is 0 Å². The van der Waals surface area contributed by atoms with Gasteiger partial charge in [-0.2, -0.15) is 0 Å². The number of halogens is 1. The SMILES string of the molecule is COC(=O)C1(C(=O)OC)SCCO[C@@H]1c1ccc(Cl)cc1. The summed E-state index contributed by atoms with van der Waals surface area (Å²) in [4.78, 5) is 24.6. The van der Waals surface area contributed by atoms with Gasteiger partial charge in [0, 0.05) is 10.8 Å². The molecule has 0 aliphatic carbocycles. The Morgan fingerprint density at radius 3 is 2.33 bits per heavy atom. The number of thioether (sulfide) groups is 1. The zero-order valence-corrected chi connectivity index (χ0v) is 13.2. The average Bonchev–Trinajstić information content (AvgIpc) is 2.54. The van der Waals surface area contributed by atoms with Crippen molar-refractivity contribution < 1.29 is 23.8 Å². The number of benzene rings is 1. The highest BCUT2D eigenvalue weighted by Crippen LogP contribution is 2.45. The highest BCUT2D eigenvalue weighted by Gasteiger charge is 2.58. The topological polar surface area (TPSA) is 61.8 Å². The first-order valence-electron chi connectivity index (χ1n) is 6.24. The largest absolute Gasteiger partial charge is 0.467 e. The van der Waals surface area contributed by atoms with Crippen LogP contribution in [-0.2, 0) is 23.8 Å². The van der Waals surface area contributed by atoms with E-state index in [2.05, 4.69) is 0 Å². The fourth-order valence-electron chi connectivity index (χ4n) is 2.25. The lowest BCUT2D eigenvalue weighted by atomic mass is 9.94. The second kappa shape index (κ2) is 6.68. The molecule has 0 saturated carbocycles. The van der Waals surface area contributed by atoms with Crippen LogP contribution in [0.1, 0.15) is 11.7 Å². The molecule has 1 aliphatic heterocycles. The number of esters is 2. The van der Waals surface area contributed by atoms with Gasteiger partial charge in [-0.1, -0.05) is 23.7 Å². The zero-order chi connectivity index (χ0) is 15.5. The molecule has 1 atom stereocenters. The molecular formula is C14H15ClO5S. The number of hydrogen-bond acceptors (Lipinski definition) is 6. The number of carbonyl (C=O) groups excluding carboxylic acids is 2. The van der Waals surface area contributed by atoms with Crippen LogP contribution in [0, 0.1) is 0 Å². The fraction of sp³-hybridized carbons (Fsp3) is 0.429. The smallest absolute Gasteiger partial charge is 0.336 e. The third-order valence-electron chi connectivity index (χ3n) is 3.22. The molecule has 1 fully saturated rings. The molecule has 0 unspecified atom stereocenters. The van der Waals surface area contributed by atoms with Crippen molar-refractivity contribution >= 4 is 35.3 Å². The van der Waals surface area contributed by atoms with Crippen LogP contribution in [0.5, 0.6) is 0 Å². The molecule has 0 N–H and O–H groups in total. The summed E-state index contributed by atoms with van der Waals surface area (Å²) in [7, 11) is 2.47. The van der Waals surface area contributed by atoms with E-state index in [0.717, 1.165) is 0 Å². The second-order valence-corrected chi connectivity index (χ2v) is 6.15. The van der Waals surface area contributed by atoms with Crippen LogP contribution in [0.2, 0.25) is 5.02 Å². The standard InChI is InChI=1S/C14H15ClO5S/c1-18-12(16)14(13(17)19-2)11(20-7-8-21-14)9-3-5-10(15)6-4-9/h3-6,11H,7-8H2,1-2H3/t11-/m1/s1. The van der Waals surface area contributed by atoms with E-state index in [9.17, 15) is 9.59 Å². The van der Waals surface area contributed by atoms with E-state index in [4.69, 9.17) is 25.8 Å². The van der Waals surface area contributed by atoms with Crippen LogP contribution < -0.4 is 0 Å². The van der Waals surface area contributed by atoms with Crippen molar-refractivity contribution in [3.05, 3.63) is 34.9 Å². The molecule has 1 aliphatic rings. The molecule has 0 spiro atoms. The van der Waals surface area contributed by atoms with Crippen LogP contribution in [0.25, 0.3) is 0 Å². The molecule has 7 heteroatoms. The summed E-state index contributed by atoms with van der Waals surface area (Å²) in [5.74, 6) is -0.869. The number of ether oxygens (including phenoxy) is 3. The van der Waals surface area contributed by atoms with Crippen LogP contribution in [-0.4, -0.2) is 43.3 Å². The van der Waals surface area contributed by atoms with Gasteiger partial charge in [-0.15, -0.1) is 11.8 Å². The average molecular weight is 331 g/mol. The molecule has 0 amide bonds. The van der Waals surface area contributed by atoms with E-state index in [-0.39, 0.29) is 0 Å². The number of methoxy groups -OCH3 is 2. The third kappa shape index (κ3) is 2.88. The second-order valence-electron chi connectivity index (χ2n) is 4.37. The van der Waals surface area contributed by atoms with Crippen LogP contribution in [0.15, 0.2) is 24.3 Å². The minimum atomic E-state index is -1.56. The summed E-state index contributed by atoms with van der Waals surface area (Å²) in [6.45, 7) is 0.424. The monoisotopic (exact) mass is 330 g/mol. The van der Waals surface area contributed by atoms with Crippen molar-refractivity contribution in [1.82, 2.24) is 0 Å². The lowest BCUT2D eigenvalue weighted by molar-refractivity contribution is -0.163. The van der Waals surface area contributed by atoms with Gasteiger partial charge >= 0.3 is 11.9 Å². The normalized spacial score (nSPS) is 20.6. The molecule has 0 bridgehead atoms. The van der Waals surface area contributed by atoms with Crippen molar-refractivity contribution in [2.45, 2.75) is 10.9 Å². The zero-order valence-electron chi connectivity index (χ0n) is 11.6. The molecule has 1 aromatic rings. The number of rotatable bonds is 3. The molecule has 1 heterocycles. The summed E-state index contributed by atoms with van der Waals surface area (Å²) in [5.41, 5.74) is 0.669. The Kier molecular flexibility index (Phi) is 5.13. The van der Waals surface area contributed by atoms with E-state index < -0.39 is 22.8 Å². The predicted molar refractivity (Wildman–Crippen MR) is 79.4 cm³/mol. The highest BCUT2D eigenvalue weighted by atomic mass is 35.5. The predicted octanol–water partition coefficient (Wildman–Crippen LogP) is 2.23. The van der Waals surface area contributed by atoms with Gasteiger partial charge in [0.25, 0.3) is 0 Å². The van der Waals surface area contributed by atoms with Gasteiger partial charge in [0.1, 0.15) is 6.10 Å². The van der Waals surface area contributed by atoms with Gasteiger partial charge in [-0.3, -0.25) is 0 Å². The van der Waals surface area contributed by atoms with Crippen molar-refractivity contribution in [2.24, 2.45) is 0 Å². The molecule has 0 radical (unpaired) electrons. The van der Waals surface area contributed by atoms with Gasteiger partial charge in [0.2, 0.25) is 4.75 Å². The van der Waals surface area contributed by atoms with Gasteiger partial charge in [-0.05, 0) is 17.7 Å². The van der Waals surface area contributed by atoms with Crippen molar-refractivity contribution in [3.63, 3.8) is 0 Å². The Balaban J connectivity index is 2.50. The van der Waals surface area contributed by atoms with Crippen LogP contribution >= 0.6 is 23.4 Å². The Bertz CT molecular complexity index is 515. The maximum absolute atomic E-state index is 12.3. The maximum atomic E-state index is 12.3. The lowest BCUT2D eigenvalue weighted by Gasteiger charge is -2.38. The van der Waals surface area contributed by atoms with E-state index in [1.807, 2.05) is 0 Å². The number of hydrogen-bond donors (Lipinski definition) is 0. The molecule has 5 nitrogen and oxygen atoms in total. The van der Waals surface area contributed by atoms with E-state index in [1.165, 1.54) is 26.0 Å². The van der Waals surface area contributed by atoms with Gasteiger partial charge in [-0.25, -0.2) is 9.59 Å². The van der Waals surface area contributed by atoms with E-state index in [0.29, 0.717) is 22.9 Å². The van der Waals surface area contributed by atoms with E-state index >= 15 is 0 Å². The van der Waals surface area contributed by atoms with Gasteiger partial charge in [0.15, 0.2) is 0 Å². The minimum Gasteiger partial charge on any atom is -0.467 e. The Morgan fingerprint density at radius 2 is 1.81 bits per heavy atom. The fourth-order valence-corrected chi connectivity index (χ4v) is 3.63. The molecule has 1 aromatic carbocycles. The van der Waals surface area contributed by atoms with Crippen molar-refractivity contribution in [3.8, 4) is 0 Å². The van der Waals surface area contributed by atoms with Crippen molar-refractivity contribution in [1.29, 1.82) is 0 Å². The summed E-state index contributed by atoms with van der Waals surface area (Å²) < 4.78 is 13.8. The summed E-state index contributed by atoms with van der Waals surface area (Å²) in [6.07, 6.45) is -0.784. The molecule has 21 heavy (non-hydrogen) atoms. The Morgan fingerprint density at radius 1 is 1.24 bits per heavy atom. The maximum Gasteiger partial charge on any atom is 0.336 e. The van der Waals surface area contributed by atoms with E-state index in [1.54, 1.807) is 24.3 Å². The summed E-state index contributed by atoms with van der Waals surface area (Å²) in [6, 6.07) is 6.80. The highest BCUT2D eigenvalue weighted by molar-refractivity contribution is 8.02. The first-order valence-corrected chi connectivity index (χ1v) is 7.60. The first kappa shape index (κ1) is 16.1. The quantitative estimate of drug-likeness (QED) is 0.625. The molecule has 1 saturated heterocycles. The Hall–Kier alpha value is -1.24. The molecular weight excluding hydrogens is 316 g/mol. The first-order chi connectivity index (χ1) is 10.1.